The summed E-state index contributed by atoms with van der Waals surface area (Å²) in [6.07, 6.45) is 2.16. The lowest BCUT2D eigenvalue weighted by Crippen LogP contribution is -2.21. The summed E-state index contributed by atoms with van der Waals surface area (Å²) in [4.78, 5) is 0. The van der Waals surface area contributed by atoms with Gasteiger partial charge in [0.25, 0.3) is 0 Å². The Balaban J connectivity index is 2.20. The van der Waals surface area contributed by atoms with Gasteiger partial charge in [0.15, 0.2) is 0 Å². The van der Waals surface area contributed by atoms with Gasteiger partial charge >= 0.3 is 0 Å². The summed E-state index contributed by atoms with van der Waals surface area (Å²) in [5.41, 5.74) is 1.12. The van der Waals surface area contributed by atoms with Crippen LogP contribution in [0.4, 0.5) is 0 Å². The molecule has 0 saturated carbocycles. The molecule has 0 fully saturated rings. The molecule has 1 atom stereocenters. The van der Waals surface area contributed by atoms with Crippen molar-refractivity contribution in [2.24, 2.45) is 0 Å². The van der Waals surface area contributed by atoms with Crippen molar-refractivity contribution in [2.75, 3.05) is 6.54 Å². The second-order valence-electron chi connectivity index (χ2n) is 4.10. The molecule has 0 aliphatic rings. The van der Waals surface area contributed by atoms with Gasteiger partial charge < -0.3 is 5.32 Å². The average molecular weight is 425 g/mol. The van der Waals surface area contributed by atoms with E-state index in [-0.39, 0.29) is 0 Å². The molecule has 3 nitrogen and oxygen atoms in total. The first-order valence-electron chi connectivity index (χ1n) is 6.17. The fraction of sp³-hybridized carbons (Fsp3) is 0.500. The SMILES string of the molecule is CCCNC(CC)c1nnc(-c2cc(Br)sc2Br)s1. The maximum absolute atomic E-state index is 4.34. The number of thiophene rings is 1. The highest BCUT2D eigenvalue weighted by molar-refractivity contribution is 9.12. The summed E-state index contributed by atoms with van der Waals surface area (Å²) in [6, 6.07) is 2.39. The van der Waals surface area contributed by atoms with E-state index in [1.54, 1.807) is 22.7 Å². The third kappa shape index (κ3) is 3.85. The molecule has 2 heterocycles. The molecule has 104 valence electrons. The molecule has 7 heteroatoms. The quantitative estimate of drug-likeness (QED) is 0.688. The van der Waals surface area contributed by atoms with Crippen LogP contribution in [0.25, 0.3) is 10.6 Å². The minimum absolute atomic E-state index is 0.312. The van der Waals surface area contributed by atoms with E-state index in [2.05, 4.69) is 67.3 Å². The van der Waals surface area contributed by atoms with E-state index in [1.807, 2.05) is 0 Å². The van der Waals surface area contributed by atoms with Gasteiger partial charge in [0.2, 0.25) is 0 Å². The maximum atomic E-state index is 4.34. The molecule has 0 radical (unpaired) electrons. The number of rotatable bonds is 6. The van der Waals surface area contributed by atoms with Gasteiger partial charge in [-0.05, 0) is 57.3 Å². The Labute approximate surface area is 138 Å². The normalized spacial score (nSPS) is 12.8. The third-order valence-corrected chi connectivity index (χ3v) is 6.08. The minimum Gasteiger partial charge on any atom is -0.308 e. The molecular formula is C12H15Br2N3S2. The van der Waals surface area contributed by atoms with Crippen molar-refractivity contribution in [2.45, 2.75) is 32.7 Å². The molecule has 0 aromatic carbocycles. The van der Waals surface area contributed by atoms with Crippen molar-refractivity contribution in [1.82, 2.24) is 15.5 Å². The average Bonchev–Trinajstić information content (AvgIpc) is 2.97. The molecule has 19 heavy (non-hydrogen) atoms. The van der Waals surface area contributed by atoms with Crippen LogP contribution in [0.1, 0.15) is 37.7 Å². The van der Waals surface area contributed by atoms with Crippen LogP contribution in [0.5, 0.6) is 0 Å². The number of halogens is 2. The van der Waals surface area contributed by atoms with Crippen molar-refractivity contribution >= 4 is 54.5 Å². The predicted octanol–water partition coefficient (Wildman–Crippen LogP) is 5.24. The topological polar surface area (TPSA) is 37.8 Å². The number of nitrogens with one attached hydrogen (secondary N) is 1. The summed E-state index contributed by atoms with van der Waals surface area (Å²) in [7, 11) is 0. The van der Waals surface area contributed by atoms with E-state index < -0.39 is 0 Å². The van der Waals surface area contributed by atoms with Crippen molar-refractivity contribution in [3.05, 3.63) is 18.6 Å². The van der Waals surface area contributed by atoms with Crippen LogP contribution in [-0.4, -0.2) is 16.7 Å². The first-order chi connectivity index (χ1) is 9.15. The highest BCUT2D eigenvalue weighted by Gasteiger charge is 2.17. The van der Waals surface area contributed by atoms with Crippen molar-refractivity contribution in [3.63, 3.8) is 0 Å². The van der Waals surface area contributed by atoms with Crippen molar-refractivity contribution in [1.29, 1.82) is 0 Å². The lowest BCUT2D eigenvalue weighted by Gasteiger charge is -2.12. The van der Waals surface area contributed by atoms with Crippen molar-refractivity contribution in [3.8, 4) is 10.6 Å². The van der Waals surface area contributed by atoms with Gasteiger partial charge in [-0.1, -0.05) is 25.2 Å². The summed E-state index contributed by atoms with van der Waals surface area (Å²) in [5, 5.41) is 14.2. The van der Waals surface area contributed by atoms with Gasteiger partial charge in [-0.2, -0.15) is 0 Å². The molecule has 0 amide bonds. The molecule has 2 aromatic rings. The molecule has 1 N–H and O–H groups in total. The highest BCUT2D eigenvalue weighted by atomic mass is 79.9. The molecule has 1 unspecified atom stereocenters. The Bertz CT molecular complexity index is 539. The molecule has 0 aliphatic carbocycles. The van der Waals surface area contributed by atoms with Gasteiger partial charge in [-0.25, -0.2) is 0 Å². The van der Waals surface area contributed by atoms with E-state index in [4.69, 9.17) is 0 Å². The van der Waals surface area contributed by atoms with E-state index in [0.717, 1.165) is 42.5 Å². The molecule has 0 saturated heterocycles. The lowest BCUT2D eigenvalue weighted by atomic mass is 10.2. The smallest absolute Gasteiger partial charge is 0.149 e. The zero-order chi connectivity index (χ0) is 13.8. The maximum Gasteiger partial charge on any atom is 0.149 e. The van der Waals surface area contributed by atoms with Gasteiger partial charge in [0.1, 0.15) is 10.0 Å². The number of hydrogen-bond donors (Lipinski definition) is 1. The molecule has 2 rings (SSSR count). The number of nitrogens with zero attached hydrogens (tertiary/aromatic N) is 2. The fourth-order valence-electron chi connectivity index (χ4n) is 1.70. The van der Waals surface area contributed by atoms with Crippen LogP contribution >= 0.6 is 54.5 Å². The molecule has 0 spiro atoms. The van der Waals surface area contributed by atoms with Gasteiger partial charge in [-0.15, -0.1) is 21.5 Å². The van der Waals surface area contributed by atoms with Gasteiger partial charge in [-0.3, -0.25) is 0 Å². The van der Waals surface area contributed by atoms with Crippen LogP contribution in [0.3, 0.4) is 0 Å². The predicted molar refractivity (Wildman–Crippen MR) is 89.9 cm³/mol. The summed E-state index contributed by atoms with van der Waals surface area (Å²) in [6.45, 7) is 5.36. The molecular weight excluding hydrogens is 410 g/mol. The Morgan fingerprint density at radius 2 is 2.05 bits per heavy atom. The zero-order valence-corrected chi connectivity index (χ0v) is 15.5. The Hall–Kier alpha value is 0.180. The Kier molecular flexibility index (Phi) is 5.95. The van der Waals surface area contributed by atoms with Gasteiger partial charge in [0, 0.05) is 5.56 Å². The molecule has 0 aliphatic heterocycles. The van der Waals surface area contributed by atoms with Gasteiger partial charge in [0.05, 0.1) is 13.6 Å². The van der Waals surface area contributed by atoms with Crippen LogP contribution in [0.2, 0.25) is 0 Å². The van der Waals surface area contributed by atoms with Crippen LogP contribution in [-0.2, 0) is 0 Å². The first kappa shape index (κ1) is 15.6. The third-order valence-electron chi connectivity index (χ3n) is 2.67. The largest absolute Gasteiger partial charge is 0.308 e. The van der Waals surface area contributed by atoms with E-state index in [0.29, 0.717) is 6.04 Å². The Morgan fingerprint density at radius 3 is 2.63 bits per heavy atom. The van der Waals surface area contributed by atoms with Crippen molar-refractivity contribution < 1.29 is 0 Å². The summed E-state index contributed by atoms with van der Waals surface area (Å²) < 4.78 is 2.19. The lowest BCUT2D eigenvalue weighted by molar-refractivity contribution is 0.513. The highest BCUT2D eigenvalue weighted by Crippen LogP contribution is 2.40. The summed E-state index contributed by atoms with van der Waals surface area (Å²) in [5.74, 6) is 0. The second kappa shape index (κ2) is 7.26. The first-order valence-corrected chi connectivity index (χ1v) is 9.39. The number of hydrogen-bond acceptors (Lipinski definition) is 5. The van der Waals surface area contributed by atoms with E-state index >= 15 is 0 Å². The van der Waals surface area contributed by atoms with Crippen LogP contribution < -0.4 is 5.32 Å². The standard InChI is InChI=1S/C12H15Br2N3S2/c1-3-5-15-8(4-2)12-17-16-11(19-12)7-6-9(13)18-10(7)14/h6,8,15H,3-5H2,1-2H3. The number of aromatic nitrogens is 2. The summed E-state index contributed by atoms with van der Waals surface area (Å²) >= 11 is 10.4. The minimum atomic E-state index is 0.312. The van der Waals surface area contributed by atoms with E-state index in [1.165, 1.54) is 0 Å². The zero-order valence-electron chi connectivity index (χ0n) is 10.7. The molecule has 0 bridgehead atoms. The second-order valence-corrected chi connectivity index (χ2v) is 8.86. The Morgan fingerprint density at radius 1 is 1.26 bits per heavy atom. The molecule has 2 aromatic heterocycles. The van der Waals surface area contributed by atoms with E-state index in [9.17, 15) is 0 Å². The fourth-order valence-corrected chi connectivity index (χ4v) is 5.72. The monoisotopic (exact) mass is 423 g/mol. The van der Waals surface area contributed by atoms with Crippen LogP contribution in [0.15, 0.2) is 13.6 Å². The van der Waals surface area contributed by atoms with Crippen LogP contribution in [0, 0.1) is 0 Å².